The third kappa shape index (κ3) is 4.34. The minimum atomic E-state index is -3.91. The number of hydrogen-bond acceptors (Lipinski definition) is 4. The number of methoxy groups -OCH3 is 1. The lowest BCUT2D eigenvalue weighted by Crippen LogP contribution is -2.06. The number of halogens is 2. The molecule has 0 unspecified atom stereocenters. The zero-order valence-electron chi connectivity index (χ0n) is 12.7. The van der Waals surface area contributed by atoms with Gasteiger partial charge in [0, 0.05) is 16.7 Å². The first-order valence-corrected chi connectivity index (χ1v) is 8.81. The van der Waals surface area contributed by atoms with E-state index < -0.39 is 20.6 Å². The van der Waals surface area contributed by atoms with E-state index >= 15 is 0 Å². The lowest BCUT2D eigenvalue weighted by molar-refractivity contribution is 0.411. The Morgan fingerprint density at radius 1 is 1.29 bits per heavy atom. The zero-order valence-corrected chi connectivity index (χ0v) is 14.2. The smallest absolute Gasteiger partial charge is 0.192 e. The number of rotatable bonds is 5. The second-order valence-electron chi connectivity index (χ2n) is 4.89. The highest BCUT2D eigenvalue weighted by molar-refractivity contribution is 7.95. The van der Waals surface area contributed by atoms with Gasteiger partial charge in [-0.15, -0.1) is 0 Å². The molecule has 0 radical (unpaired) electrons. The van der Waals surface area contributed by atoms with Crippen molar-refractivity contribution in [3.63, 3.8) is 0 Å². The minimum absolute atomic E-state index is 0.00738. The molecule has 0 aliphatic heterocycles. The predicted octanol–water partition coefficient (Wildman–Crippen LogP) is 3.97. The van der Waals surface area contributed by atoms with Crippen LogP contribution in [0.15, 0.2) is 47.4 Å². The summed E-state index contributed by atoms with van der Waals surface area (Å²) < 4.78 is 43.6. The number of benzene rings is 2. The van der Waals surface area contributed by atoms with Crippen LogP contribution in [0.5, 0.6) is 5.75 Å². The summed E-state index contributed by atoms with van der Waals surface area (Å²) in [6.45, 7) is 0. The standard InChI is InChI=1S/C17H13ClFNO3S/c1-23-15-7-4-13(17(19)9-15)8-16(10-20)24(21,22)11-12-2-5-14(18)6-3-12/h2-9H,11H2,1H3/b16-8+. The molecule has 0 bridgehead atoms. The summed E-state index contributed by atoms with van der Waals surface area (Å²) in [5.74, 6) is -0.752. The molecule has 0 aliphatic rings. The Morgan fingerprint density at radius 2 is 1.96 bits per heavy atom. The molecule has 2 aromatic rings. The fourth-order valence-corrected chi connectivity index (χ4v) is 3.32. The van der Waals surface area contributed by atoms with Crippen LogP contribution in [0.3, 0.4) is 0 Å². The van der Waals surface area contributed by atoms with Gasteiger partial charge < -0.3 is 4.74 Å². The molecular formula is C17H13ClFNO3S. The van der Waals surface area contributed by atoms with Crippen molar-refractivity contribution in [3.8, 4) is 11.8 Å². The van der Waals surface area contributed by atoms with Crippen molar-refractivity contribution in [1.82, 2.24) is 0 Å². The van der Waals surface area contributed by atoms with E-state index in [2.05, 4.69) is 0 Å². The molecular weight excluding hydrogens is 353 g/mol. The van der Waals surface area contributed by atoms with E-state index in [1.54, 1.807) is 30.3 Å². The molecule has 0 aromatic heterocycles. The van der Waals surface area contributed by atoms with Crippen molar-refractivity contribution >= 4 is 27.5 Å². The van der Waals surface area contributed by atoms with E-state index in [1.165, 1.54) is 19.2 Å². The average molecular weight is 366 g/mol. The van der Waals surface area contributed by atoms with E-state index in [0.29, 0.717) is 16.3 Å². The average Bonchev–Trinajstić information content (AvgIpc) is 2.55. The van der Waals surface area contributed by atoms with Crippen molar-refractivity contribution in [1.29, 1.82) is 5.26 Å². The first kappa shape index (κ1) is 18.0. The molecule has 0 saturated carbocycles. The Hall–Kier alpha value is -2.36. The molecule has 0 N–H and O–H groups in total. The maximum absolute atomic E-state index is 13.9. The quantitative estimate of drug-likeness (QED) is 0.752. The number of nitrogens with zero attached hydrogens (tertiary/aromatic N) is 1. The summed E-state index contributed by atoms with van der Waals surface area (Å²) in [6.07, 6.45) is 1.01. The van der Waals surface area contributed by atoms with Gasteiger partial charge in [0.1, 0.15) is 22.5 Å². The molecule has 0 saturated heterocycles. The number of allylic oxidation sites excluding steroid dienone is 1. The van der Waals surface area contributed by atoms with Crippen LogP contribution in [-0.2, 0) is 15.6 Å². The highest BCUT2D eigenvalue weighted by Crippen LogP contribution is 2.22. The molecule has 2 aromatic carbocycles. The van der Waals surface area contributed by atoms with Gasteiger partial charge in [0.05, 0.1) is 12.9 Å². The van der Waals surface area contributed by atoms with Crippen LogP contribution in [0.25, 0.3) is 6.08 Å². The van der Waals surface area contributed by atoms with Gasteiger partial charge in [-0.2, -0.15) is 5.26 Å². The first-order valence-electron chi connectivity index (χ1n) is 6.78. The normalized spacial score (nSPS) is 11.8. The van der Waals surface area contributed by atoms with E-state index in [4.69, 9.17) is 16.3 Å². The van der Waals surface area contributed by atoms with Gasteiger partial charge in [0.2, 0.25) is 0 Å². The molecule has 24 heavy (non-hydrogen) atoms. The minimum Gasteiger partial charge on any atom is -0.497 e. The fourth-order valence-electron chi connectivity index (χ4n) is 1.96. The molecule has 0 heterocycles. The van der Waals surface area contributed by atoms with Gasteiger partial charge in [0.15, 0.2) is 9.84 Å². The summed E-state index contributed by atoms with van der Waals surface area (Å²) in [5, 5.41) is 9.65. The lowest BCUT2D eigenvalue weighted by Gasteiger charge is -2.05. The molecule has 2 rings (SSSR count). The molecule has 0 atom stereocenters. The third-order valence-electron chi connectivity index (χ3n) is 3.21. The summed E-state index contributed by atoms with van der Waals surface area (Å²) in [5.41, 5.74) is 0.475. The molecule has 4 nitrogen and oxygen atoms in total. The van der Waals surface area contributed by atoms with Gasteiger partial charge in [-0.3, -0.25) is 0 Å². The van der Waals surface area contributed by atoms with Crippen molar-refractivity contribution in [2.24, 2.45) is 0 Å². The van der Waals surface area contributed by atoms with Crippen LogP contribution < -0.4 is 4.74 Å². The third-order valence-corrected chi connectivity index (χ3v) is 5.05. The van der Waals surface area contributed by atoms with Gasteiger partial charge in [-0.1, -0.05) is 23.7 Å². The molecule has 0 aliphatic carbocycles. The van der Waals surface area contributed by atoms with Crippen LogP contribution in [-0.4, -0.2) is 15.5 Å². The maximum Gasteiger partial charge on any atom is 0.192 e. The van der Waals surface area contributed by atoms with Crippen LogP contribution in [0.1, 0.15) is 11.1 Å². The lowest BCUT2D eigenvalue weighted by atomic mass is 10.2. The Kier molecular flexibility index (Phi) is 5.60. The van der Waals surface area contributed by atoms with Gasteiger partial charge >= 0.3 is 0 Å². The zero-order chi connectivity index (χ0) is 17.7. The second-order valence-corrected chi connectivity index (χ2v) is 7.29. The Bertz CT molecular complexity index is 916. The SMILES string of the molecule is COc1ccc(/C=C(\C#N)S(=O)(=O)Cc2ccc(Cl)cc2)c(F)c1. The molecule has 0 spiro atoms. The van der Waals surface area contributed by atoms with Gasteiger partial charge in [-0.05, 0) is 35.9 Å². The Balaban J connectivity index is 2.35. The van der Waals surface area contributed by atoms with Crippen LogP contribution in [0.4, 0.5) is 4.39 Å². The maximum atomic E-state index is 13.9. The van der Waals surface area contributed by atoms with Gasteiger partial charge in [0.25, 0.3) is 0 Å². The summed E-state index contributed by atoms with van der Waals surface area (Å²) >= 11 is 5.76. The van der Waals surface area contributed by atoms with Crippen LogP contribution in [0, 0.1) is 17.1 Å². The topological polar surface area (TPSA) is 67.2 Å². The summed E-state index contributed by atoms with van der Waals surface area (Å²) in [4.78, 5) is -0.512. The highest BCUT2D eigenvalue weighted by atomic mass is 35.5. The number of sulfone groups is 1. The van der Waals surface area contributed by atoms with Crippen LogP contribution in [0.2, 0.25) is 5.02 Å². The van der Waals surface area contributed by atoms with E-state index in [0.717, 1.165) is 12.1 Å². The first-order chi connectivity index (χ1) is 11.4. The van der Waals surface area contributed by atoms with Gasteiger partial charge in [-0.25, -0.2) is 12.8 Å². The molecule has 7 heteroatoms. The highest BCUT2D eigenvalue weighted by Gasteiger charge is 2.19. The summed E-state index contributed by atoms with van der Waals surface area (Å²) in [7, 11) is -2.52. The molecule has 0 amide bonds. The van der Waals surface area contributed by atoms with Crippen molar-refractivity contribution in [2.75, 3.05) is 7.11 Å². The van der Waals surface area contributed by atoms with E-state index in [9.17, 15) is 18.1 Å². The molecule has 124 valence electrons. The Labute approximate surface area is 144 Å². The van der Waals surface area contributed by atoms with Crippen molar-refractivity contribution < 1.29 is 17.5 Å². The summed E-state index contributed by atoms with van der Waals surface area (Å²) in [6, 6.07) is 11.8. The Morgan fingerprint density at radius 3 is 2.50 bits per heavy atom. The predicted molar refractivity (Wildman–Crippen MR) is 90.6 cm³/mol. The largest absolute Gasteiger partial charge is 0.497 e. The van der Waals surface area contributed by atoms with Crippen molar-refractivity contribution in [3.05, 3.63) is 69.3 Å². The van der Waals surface area contributed by atoms with E-state index in [-0.39, 0.29) is 11.3 Å². The number of nitriles is 1. The van der Waals surface area contributed by atoms with Crippen LogP contribution >= 0.6 is 11.6 Å². The fraction of sp³-hybridized carbons (Fsp3) is 0.118. The monoisotopic (exact) mass is 365 g/mol. The number of hydrogen-bond donors (Lipinski definition) is 0. The second kappa shape index (κ2) is 7.47. The van der Waals surface area contributed by atoms with Crippen molar-refractivity contribution in [2.45, 2.75) is 5.75 Å². The molecule has 0 fully saturated rings. The van der Waals surface area contributed by atoms with E-state index in [1.807, 2.05) is 0 Å². The number of ether oxygens (including phenoxy) is 1.